The molecule has 4 bridgehead atoms. The molecule has 9 rings (SSSR count). The molecule has 2 aliphatic rings. The monoisotopic (exact) mass is 865 g/mol. The zero-order valence-electron chi connectivity index (χ0n) is 35.9. The van der Waals surface area contributed by atoms with E-state index in [0.29, 0.717) is 54.5 Å². The second-order valence-corrected chi connectivity index (χ2v) is 16.2. The molecule has 65 heavy (non-hydrogen) atoms. The van der Waals surface area contributed by atoms with Crippen LogP contribution in [-0.4, -0.2) is 45.9 Å². The highest BCUT2D eigenvalue weighted by Gasteiger charge is 2.33. The number of benzene rings is 7. The fourth-order valence-electron chi connectivity index (χ4n) is 7.83. The number of hydrogen-bond donors (Lipinski definition) is 3. The Bertz CT molecular complexity index is 2590. The number of rotatable bonds is 13. The van der Waals surface area contributed by atoms with Crippen LogP contribution in [0.3, 0.4) is 0 Å². The van der Waals surface area contributed by atoms with Gasteiger partial charge in [0.05, 0.1) is 6.04 Å². The van der Waals surface area contributed by atoms with Crippen LogP contribution in [0.25, 0.3) is 0 Å². The van der Waals surface area contributed by atoms with Gasteiger partial charge in [-0.05, 0) is 81.8 Å². The lowest BCUT2D eigenvalue weighted by Crippen LogP contribution is -2.57. The van der Waals surface area contributed by atoms with E-state index in [2.05, 4.69) is 15.5 Å². The van der Waals surface area contributed by atoms with Gasteiger partial charge in [-0.25, -0.2) is 4.79 Å². The number of nitrogens with one attached hydrogen (secondary N) is 2. The molecule has 0 saturated heterocycles. The van der Waals surface area contributed by atoms with E-state index >= 15 is 4.79 Å². The number of fused-ring (bicyclic) bond motifs is 10. The van der Waals surface area contributed by atoms with Crippen LogP contribution in [0, 0.1) is 0 Å². The highest BCUT2D eigenvalue weighted by molar-refractivity contribution is 5.92. The lowest BCUT2D eigenvalue weighted by Gasteiger charge is -2.33. The Hall–Kier alpha value is -7.69. The molecule has 2 aliphatic heterocycles. The third-order valence-electron chi connectivity index (χ3n) is 11.3. The van der Waals surface area contributed by atoms with Gasteiger partial charge in [-0.3, -0.25) is 14.5 Å². The minimum Gasteiger partial charge on any atom is -0.508 e. The Morgan fingerprint density at radius 2 is 1.14 bits per heavy atom. The number of amides is 2. The van der Waals surface area contributed by atoms with E-state index in [0.717, 1.165) is 27.8 Å². The fraction of sp³-hybridized carbons (Fsp3) is 0.182. The summed E-state index contributed by atoms with van der Waals surface area (Å²) in [4.78, 5) is 46.1. The van der Waals surface area contributed by atoms with E-state index < -0.39 is 30.0 Å². The van der Waals surface area contributed by atoms with Crippen molar-refractivity contribution in [3.8, 4) is 23.0 Å². The third kappa shape index (κ3) is 12.5. The maximum atomic E-state index is 15.1. The van der Waals surface area contributed by atoms with E-state index in [-0.39, 0.29) is 31.1 Å². The zero-order valence-corrected chi connectivity index (χ0v) is 35.9. The van der Waals surface area contributed by atoms with Gasteiger partial charge in [0.1, 0.15) is 36.8 Å². The number of phenolic OH excluding ortho intramolecular Hbond substituents is 1. The van der Waals surface area contributed by atoms with Gasteiger partial charge in [-0.15, -0.1) is 0 Å². The van der Waals surface area contributed by atoms with Crippen LogP contribution >= 0.6 is 0 Å². The average Bonchev–Trinajstić information content (AvgIpc) is 3.34. The first-order valence-corrected chi connectivity index (χ1v) is 21.8. The van der Waals surface area contributed by atoms with Gasteiger partial charge in [-0.2, -0.15) is 0 Å². The molecule has 2 heterocycles. The number of carbonyl (C=O) groups is 3. The smallest absolute Gasteiger partial charge is 0.329 e. The molecule has 0 spiro atoms. The molecule has 0 aromatic heterocycles. The highest BCUT2D eigenvalue weighted by atomic mass is 16.5. The van der Waals surface area contributed by atoms with E-state index in [9.17, 15) is 14.7 Å². The molecule has 10 nitrogen and oxygen atoms in total. The first-order valence-electron chi connectivity index (χ1n) is 21.8. The first kappa shape index (κ1) is 43.9. The largest absolute Gasteiger partial charge is 0.508 e. The second kappa shape index (κ2) is 21.6. The molecule has 0 fully saturated rings. The predicted octanol–water partition coefficient (Wildman–Crippen LogP) is 8.89. The number of nitrogens with zero attached hydrogens (tertiary/aromatic N) is 1. The number of phenols is 1. The van der Waals surface area contributed by atoms with Crippen LogP contribution in [0.5, 0.6) is 23.0 Å². The molecule has 0 unspecified atom stereocenters. The van der Waals surface area contributed by atoms with Crippen molar-refractivity contribution in [1.29, 1.82) is 0 Å². The summed E-state index contributed by atoms with van der Waals surface area (Å²) in [7, 11) is 0. The average molecular weight is 866 g/mol. The molecule has 7 aromatic carbocycles. The molecular formula is C55H51N3O7. The fourth-order valence-corrected chi connectivity index (χ4v) is 7.83. The van der Waals surface area contributed by atoms with Crippen LogP contribution in [0.1, 0.15) is 38.9 Å². The summed E-state index contributed by atoms with van der Waals surface area (Å²) in [5, 5.41) is 16.2. The van der Waals surface area contributed by atoms with E-state index in [4.69, 9.17) is 14.2 Å². The SMILES string of the molecule is O=C1N[C@H](C(=O)OCc2ccccc2)Cc2ccc(OCc3ccccc3)c(c2)Oc2ccc(cc2)C[C@H](N(Cc2ccccc2)Cc2ccccc2)C(=O)N[C@H]1Cc1ccc(O)cc1. The molecular weight excluding hydrogens is 815 g/mol. The standard InChI is InChI=1S/C55H51N3O7/c59-46-26-21-39(22-27-46)31-48-53(60)57-49(55(62)64-38-44-19-11-4-12-20-44)32-45-25-30-51(63-37-43-17-9-3-10-18-43)52(34-45)65-47-28-23-40(24-29-47)33-50(54(61)56-48)58(35-41-13-5-1-6-14-41)36-42-15-7-2-8-16-42/h1-30,34,48-50,59H,31-33,35-38H2,(H,56,61)(H,57,60)/t48-,49-,50-/m0/s1. The van der Waals surface area contributed by atoms with Crippen LogP contribution in [-0.2, 0) is 64.7 Å². The van der Waals surface area contributed by atoms with Crippen LogP contribution in [0.15, 0.2) is 188 Å². The summed E-state index contributed by atoms with van der Waals surface area (Å²) in [6, 6.07) is 55.6. The van der Waals surface area contributed by atoms with Crippen LogP contribution in [0.4, 0.5) is 0 Å². The van der Waals surface area contributed by atoms with Gasteiger partial charge in [0.2, 0.25) is 11.8 Å². The Balaban J connectivity index is 1.19. The van der Waals surface area contributed by atoms with Crippen molar-refractivity contribution >= 4 is 17.8 Å². The maximum Gasteiger partial charge on any atom is 0.329 e. The van der Waals surface area contributed by atoms with Crippen LogP contribution in [0.2, 0.25) is 0 Å². The van der Waals surface area contributed by atoms with E-state index in [1.807, 2.05) is 158 Å². The van der Waals surface area contributed by atoms with Crippen molar-refractivity contribution in [2.45, 2.75) is 63.7 Å². The van der Waals surface area contributed by atoms with Crippen molar-refractivity contribution in [2.24, 2.45) is 0 Å². The Labute approximate surface area is 379 Å². The molecule has 3 N–H and O–H groups in total. The topological polar surface area (TPSA) is 126 Å². The number of ether oxygens (including phenoxy) is 3. The molecule has 328 valence electrons. The van der Waals surface area contributed by atoms with E-state index in [1.54, 1.807) is 18.2 Å². The van der Waals surface area contributed by atoms with Gasteiger partial charge in [0.15, 0.2) is 11.5 Å². The lowest BCUT2D eigenvalue weighted by molar-refractivity contribution is -0.149. The van der Waals surface area contributed by atoms with Gasteiger partial charge in [-0.1, -0.05) is 152 Å². The van der Waals surface area contributed by atoms with Gasteiger partial charge in [0, 0.05) is 25.9 Å². The number of carbonyl (C=O) groups excluding carboxylic acids is 3. The van der Waals surface area contributed by atoms with Crippen molar-refractivity contribution in [2.75, 3.05) is 0 Å². The molecule has 0 radical (unpaired) electrons. The molecule has 3 atom stereocenters. The maximum absolute atomic E-state index is 15.1. The normalized spacial score (nSPS) is 16.4. The van der Waals surface area contributed by atoms with Crippen LogP contribution < -0.4 is 20.1 Å². The second-order valence-electron chi connectivity index (χ2n) is 16.2. The van der Waals surface area contributed by atoms with Gasteiger partial charge in [0.25, 0.3) is 0 Å². The summed E-state index contributed by atoms with van der Waals surface area (Å²) >= 11 is 0. The summed E-state index contributed by atoms with van der Waals surface area (Å²) in [6.07, 6.45) is 0.417. The Morgan fingerprint density at radius 1 is 0.585 bits per heavy atom. The number of esters is 1. The quantitative estimate of drug-likeness (QED) is 0.0983. The van der Waals surface area contributed by atoms with Crippen molar-refractivity contribution in [3.63, 3.8) is 0 Å². The Morgan fingerprint density at radius 3 is 1.74 bits per heavy atom. The minimum absolute atomic E-state index is 0.00346. The first-order chi connectivity index (χ1) is 31.8. The molecule has 2 amide bonds. The summed E-state index contributed by atoms with van der Waals surface area (Å²) < 4.78 is 18.7. The zero-order chi connectivity index (χ0) is 44.8. The lowest BCUT2D eigenvalue weighted by atomic mass is 9.99. The van der Waals surface area contributed by atoms with Gasteiger partial charge < -0.3 is 30.0 Å². The third-order valence-corrected chi connectivity index (χ3v) is 11.3. The summed E-state index contributed by atoms with van der Waals surface area (Å²) in [6.45, 7) is 1.19. The molecule has 0 aliphatic carbocycles. The summed E-state index contributed by atoms with van der Waals surface area (Å²) in [5.74, 6) is -0.0458. The summed E-state index contributed by atoms with van der Waals surface area (Å²) in [5.41, 5.74) is 6.06. The predicted molar refractivity (Wildman–Crippen MR) is 249 cm³/mol. The molecule has 0 saturated carbocycles. The molecule has 7 aromatic rings. The number of hydrogen-bond acceptors (Lipinski definition) is 8. The minimum atomic E-state index is -1.16. The van der Waals surface area contributed by atoms with Gasteiger partial charge >= 0.3 is 5.97 Å². The van der Waals surface area contributed by atoms with Crippen molar-refractivity contribution < 1.29 is 33.7 Å². The highest BCUT2D eigenvalue weighted by Crippen LogP contribution is 2.34. The van der Waals surface area contributed by atoms with E-state index in [1.165, 1.54) is 12.1 Å². The van der Waals surface area contributed by atoms with Crippen molar-refractivity contribution in [3.05, 3.63) is 227 Å². The van der Waals surface area contributed by atoms with Crippen molar-refractivity contribution in [1.82, 2.24) is 15.5 Å². The number of aromatic hydroxyl groups is 1. The molecule has 10 heteroatoms. The Kier molecular flexibility index (Phi) is 14.6.